The Bertz CT molecular complexity index is 597. The number of nitrogens with zero attached hydrogens (tertiary/aromatic N) is 2. The molecule has 2 aromatic rings. The summed E-state index contributed by atoms with van der Waals surface area (Å²) < 4.78 is 0. The van der Waals surface area contributed by atoms with E-state index < -0.39 is 0 Å². The van der Waals surface area contributed by atoms with Gasteiger partial charge in [-0.1, -0.05) is 30.7 Å². The molecule has 1 aliphatic rings. The van der Waals surface area contributed by atoms with Gasteiger partial charge in [0, 0.05) is 25.0 Å². The van der Waals surface area contributed by atoms with Crippen LogP contribution in [-0.4, -0.2) is 33.7 Å². The first-order chi connectivity index (χ1) is 10.7. The number of hydrogen-bond donors (Lipinski definition) is 1. The standard InChI is InChI=1S/C19H24N2O/c1-15(22)19-9-2-3-11-21(19)14-16-6-4-7-17(12-16)18-8-5-10-20-13-18/h4-8,10,12-13,15,19,22H,2-3,9,11,14H2,1H3. The zero-order valence-electron chi connectivity index (χ0n) is 13.2. The molecule has 3 heteroatoms. The van der Waals surface area contributed by atoms with Crippen molar-refractivity contribution in [2.24, 2.45) is 0 Å². The SMILES string of the molecule is CC(O)C1CCCCN1Cc1cccc(-c2cccnc2)c1. The van der Waals surface area contributed by atoms with Gasteiger partial charge in [-0.25, -0.2) is 0 Å². The number of aromatic nitrogens is 1. The fraction of sp³-hybridized carbons (Fsp3) is 0.421. The first-order valence-electron chi connectivity index (χ1n) is 8.15. The number of piperidine rings is 1. The van der Waals surface area contributed by atoms with Crippen molar-refractivity contribution >= 4 is 0 Å². The highest BCUT2D eigenvalue weighted by Crippen LogP contribution is 2.24. The van der Waals surface area contributed by atoms with Crippen LogP contribution in [0.5, 0.6) is 0 Å². The number of rotatable bonds is 4. The average molecular weight is 296 g/mol. The van der Waals surface area contributed by atoms with Crippen molar-refractivity contribution < 1.29 is 5.11 Å². The van der Waals surface area contributed by atoms with Crippen molar-refractivity contribution in [1.82, 2.24) is 9.88 Å². The monoisotopic (exact) mass is 296 g/mol. The van der Waals surface area contributed by atoms with Crippen molar-refractivity contribution in [2.75, 3.05) is 6.54 Å². The minimum absolute atomic E-state index is 0.262. The van der Waals surface area contributed by atoms with Gasteiger partial charge in [-0.15, -0.1) is 0 Å². The van der Waals surface area contributed by atoms with Crippen molar-refractivity contribution in [2.45, 2.75) is 44.9 Å². The van der Waals surface area contributed by atoms with Gasteiger partial charge in [-0.2, -0.15) is 0 Å². The molecule has 0 amide bonds. The van der Waals surface area contributed by atoms with Crippen LogP contribution in [0.4, 0.5) is 0 Å². The number of benzene rings is 1. The molecule has 0 bridgehead atoms. The molecule has 1 fully saturated rings. The molecule has 0 aliphatic carbocycles. The third-order valence-corrected chi connectivity index (χ3v) is 4.53. The molecule has 1 aliphatic heterocycles. The minimum atomic E-state index is -0.262. The van der Waals surface area contributed by atoms with Crippen molar-refractivity contribution in [3.63, 3.8) is 0 Å². The summed E-state index contributed by atoms with van der Waals surface area (Å²) in [6.45, 7) is 3.89. The molecule has 2 unspecified atom stereocenters. The molecule has 116 valence electrons. The highest BCUT2D eigenvalue weighted by molar-refractivity contribution is 5.62. The van der Waals surface area contributed by atoms with Gasteiger partial charge in [-0.05, 0) is 55.1 Å². The summed E-state index contributed by atoms with van der Waals surface area (Å²) in [5, 5.41) is 10.0. The summed E-state index contributed by atoms with van der Waals surface area (Å²) in [5.41, 5.74) is 3.65. The predicted octanol–water partition coefficient (Wildman–Crippen LogP) is 3.48. The Morgan fingerprint density at radius 2 is 2.09 bits per heavy atom. The Kier molecular flexibility index (Phi) is 4.86. The molecule has 1 N–H and O–H groups in total. The van der Waals surface area contributed by atoms with Crippen LogP contribution in [0.2, 0.25) is 0 Å². The van der Waals surface area contributed by atoms with Crippen LogP contribution >= 0.6 is 0 Å². The normalized spacial score (nSPS) is 20.7. The van der Waals surface area contributed by atoms with Gasteiger partial charge in [0.15, 0.2) is 0 Å². The van der Waals surface area contributed by atoms with Gasteiger partial charge < -0.3 is 5.11 Å². The number of aliphatic hydroxyl groups is 1. The number of hydrogen-bond acceptors (Lipinski definition) is 3. The van der Waals surface area contributed by atoms with Gasteiger partial charge in [0.1, 0.15) is 0 Å². The van der Waals surface area contributed by atoms with Crippen molar-refractivity contribution in [3.8, 4) is 11.1 Å². The lowest BCUT2D eigenvalue weighted by Gasteiger charge is -2.37. The third kappa shape index (κ3) is 3.54. The van der Waals surface area contributed by atoms with Crippen LogP contribution < -0.4 is 0 Å². The second-order valence-corrected chi connectivity index (χ2v) is 6.22. The van der Waals surface area contributed by atoms with E-state index in [0.29, 0.717) is 0 Å². The molecule has 2 atom stereocenters. The Hall–Kier alpha value is -1.71. The summed E-state index contributed by atoms with van der Waals surface area (Å²) in [4.78, 5) is 6.63. The fourth-order valence-corrected chi connectivity index (χ4v) is 3.38. The summed E-state index contributed by atoms with van der Waals surface area (Å²) >= 11 is 0. The smallest absolute Gasteiger partial charge is 0.0667 e. The van der Waals surface area contributed by atoms with Gasteiger partial charge in [0.05, 0.1) is 6.10 Å². The van der Waals surface area contributed by atoms with E-state index in [1.54, 1.807) is 6.20 Å². The van der Waals surface area contributed by atoms with Crippen molar-refractivity contribution in [3.05, 3.63) is 54.4 Å². The highest BCUT2D eigenvalue weighted by atomic mass is 16.3. The van der Waals surface area contributed by atoms with E-state index >= 15 is 0 Å². The molecule has 3 nitrogen and oxygen atoms in total. The zero-order chi connectivity index (χ0) is 15.4. The Labute approximate surface area is 132 Å². The number of aliphatic hydroxyl groups excluding tert-OH is 1. The fourth-order valence-electron chi connectivity index (χ4n) is 3.38. The second-order valence-electron chi connectivity index (χ2n) is 6.22. The van der Waals surface area contributed by atoms with E-state index in [-0.39, 0.29) is 12.1 Å². The molecular weight excluding hydrogens is 272 g/mol. The molecule has 3 rings (SSSR count). The van der Waals surface area contributed by atoms with E-state index in [4.69, 9.17) is 0 Å². The van der Waals surface area contributed by atoms with Gasteiger partial charge in [0.2, 0.25) is 0 Å². The molecule has 1 aromatic heterocycles. The van der Waals surface area contributed by atoms with E-state index in [0.717, 1.165) is 25.1 Å². The largest absolute Gasteiger partial charge is 0.392 e. The maximum atomic E-state index is 10.0. The maximum Gasteiger partial charge on any atom is 0.0667 e. The Morgan fingerprint density at radius 3 is 2.86 bits per heavy atom. The maximum absolute atomic E-state index is 10.0. The molecular formula is C19H24N2O. The minimum Gasteiger partial charge on any atom is -0.392 e. The molecule has 0 saturated carbocycles. The molecule has 1 saturated heterocycles. The quantitative estimate of drug-likeness (QED) is 0.938. The molecule has 2 heterocycles. The summed E-state index contributed by atoms with van der Waals surface area (Å²) in [6, 6.07) is 13.0. The first kappa shape index (κ1) is 15.2. The molecule has 22 heavy (non-hydrogen) atoms. The van der Waals surface area contributed by atoms with Gasteiger partial charge in [0.25, 0.3) is 0 Å². The van der Waals surface area contributed by atoms with Crippen LogP contribution in [-0.2, 0) is 6.54 Å². The summed E-state index contributed by atoms with van der Waals surface area (Å²) in [6.07, 6.45) is 6.99. The van der Waals surface area contributed by atoms with Crippen LogP contribution in [0.3, 0.4) is 0 Å². The van der Waals surface area contributed by atoms with Crippen LogP contribution in [0.25, 0.3) is 11.1 Å². The lowest BCUT2D eigenvalue weighted by atomic mass is 9.97. The summed E-state index contributed by atoms with van der Waals surface area (Å²) in [7, 11) is 0. The van der Waals surface area contributed by atoms with Crippen LogP contribution in [0.1, 0.15) is 31.7 Å². The topological polar surface area (TPSA) is 36.4 Å². The zero-order valence-corrected chi connectivity index (χ0v) is 13.2. The van der Waals surface area contributed by atoms with Gasteiger partial charge in [-0.3, -0.25) is 9.88 Å². The number of likely N-dealkylation sites (tertiary alicyclic amines) is 1. The van der Waals surface area contributed by atoms with E-state index in [1.807, 2.05) is 19.2 Å². The lowest BCUT2D eigenvalue weighted by molar-refractivity contribution is 0.0317. The van der Waals surface area contributed by atoms with E-state index in [1.165, 1.54) is 24.0 Å². The van der Waals surface area contributed by atoms with E-state index in [9.17, 15) is 5.11 Å². The second kappa shape index (κ2) is 7.03. The van der Waals surface area contributed by atoms with Crippen molar-refractivity contribution in [1.29, 1.82) is 0 Å². The Balaban J connectivity index is 1.78. The molecule has 1 aromatic carbocycles. The lowest BCUT2D eigenvalue weighted by Crippen LogP contribution is -2.45. The predicted molar refractivity (Wildman–Crippen MR) is 89.4 cm³/mol. The number of pyridine rings is 1. The molecule has 0 radical (unpaired) electrons. The summed E-state index contributed by atoms with van der Waals surface area (Å²) in [5.74, 6) is 0. The average Bonchev–Trinajstić information content (AvgIpc) is 2.56. The molecule has 0 spiro atoms. The van der Waals surface area contributed by atoms with Crippen LogP contribution in [0.15, 0.2) is 48.8 Å². The Morgan fingerprint density at radius 1 is 1.23 bits per heavy atom. The van der Waals surface area contributed by atoms with Crippen LogP contribution in [0, 0.1) is 0 Å². The first-order valence-corrected chi connectivity index (χ1v) is 8.15. The van der Waals surface area contributed by atoms with E-state index in [2.05, 4.69) is 40.2 Å². The van der Waals surface area contributed by atoms with Gasteiger partial charge >= 0.3 is 0 Å². The third-order valence-electron chi connectivity index (χ3n) is 4.53. The highest BCUT2D eigenvalue weighted by Gasteiger charge is 2.26.